The van der Waals surface area contributed by atoms with Gasteiger partial charge in [-0.1, -0.05) is 19.1 Å². The Morgan fingerprint density at radius 1 is 1.38 bits per heavy atom. The maximum atomic E-state index is 12.7. The van der Waals surface area contributed by atoms with E-state index in [0.29, 0.717) is 18.0 Å². The lowest BCUT2D eigenvalue weighted by Crippen LogP contribution is -2.34. The number of nitrogens with zero attached hydrogens (tertiary/aromatic N) is 1. The summed E-state index contributed by atoms with van der Waals surface area (Å²) >= 11 is 0. The van der Waals surface area contributed by atoms with Gasteiger partial charge < -0.3 is 5.11 Å². The summed E-state index contributed by atoms with van der Waals surface area (Å²) in [5, 5.41) is 8.63. The van der Waals surface area contributed by atoms with E-state index in [4.69, 9.17) is 5.11 Å². The summed E-state index contributed by atoms with van der Waals surface area (Å²) in [6.45, 7) is 4.48. The molecule has 1 heterocycles. The van der Waals surface area contributed by atoms with Crippen LogP contribution in [0.1, 0.15) is 25.8 Å². The van der Waals surface area contributed by atoms with Crippen molar-refractivity contribution in [2.75, 3.05) is 6.54 Å². The Morgan fingerprint density at radius 2 is 2.10 bits per heavy atom. The predicted octanol–water partition coefficient (Wildman–Crippen LogP) is 2.20. The summed E-state index contributed by atoms with van der Waals surface area (Å²) in [6.07, 6.45) is 3.24. The normalized spacial score (nSPS) is 23.7. The van der Waals surface area contributed by atoms with E-state index >= 15 is 0 Å². The summed E-state index contributed by atoms with van der Waals surface area (Å²) in [5.41, 5.74) is 0.554. The highest BCUT2D eigenvalue weighted by atomic mass is 32.2. The van der Waals surface area contributed by atoms with Crippen LogP contribution in [-0.4, -0.2) is 36.4 Å². The van der Waals surface area contributed by atoms with Crippen molar-refractivity contribution in [2.24, 2.45) is 5.92 Å². The third-order valence-electron chi connectivity index (χ3n) is 3.61. The van der Waals surface area contributed by atoms with Crippen LogP contribution in [0, 0.1) is 5.92 Å². The number of carboxylic acids is 1. The van der Waals surface area contributed by atoms with Crippen molar-refractivity contribution in [1.82, 2.24) is 4.31 Å². The number of sulfonamides is 1. The third kappa shape index (κ3) is 3.51. The molecule has 1 fully saturated rings. The van der Waals surface area contributed by atoms with Crippen LogP contribution in [0.15, 0.2) is 35.2 Å². The Balaban J connectivity index is 2.33. The second-order valence-electron chi connectivity index (χ2n) is 5.51. The molecule has 0 amide bonds. The number of aliphatic carboxylic acids is 1. The van der Waals surface area contributed by atoms with Crippen molar-refractivity contribution in [1.29, 1.82) is 0 Å². The molecule has 1 aromatic carbocycles. The van der Waals surface area contributed by atoms with E-state index in [1.807, 2.05) is 13.8 Å². The average molecular weight is 309 g/mol. The highest BCUT2D eigenvalue weighted by molar-refractivity contribution is 7.89. The lowest BCUT2D eigenvalue weighted by atomic mass is 10.1. The Hall–Kier alpha value is -1.66. The van der Waals surface area contributed by atoms with E-state index in [1.54, 1.807) is 18.2 Å². The zero-order valence-electron chi connectivity index (χ0n) is 12.1. The first-order valence-corrected chi connectivity index (χ1v) is 8.27. The van der Waals surface area contributed by atoms with Gasteiger partial charge in [0.1, 0.15) is 0 Å². The van der Waals surface area contributed by atoms with Crippen molar-refractivity contribution >= 4 is 22.1 Å². The third-order valence-corrected chi connectivity index (χ3v) is 5.59. The summed E-state index contributed by atoms with van der Waals surface area (Å²) in [7, 11) is -3.53. The van der Waals surface area contributed by atoms with E-state index in [2.05, 4.69) is 0 Å². The molecule has 0 aromatic heterocycles. The van der Waals surface area contributed by atoms with Gasteiger partial charge in [0.2, 0.25) is 10.0 Å². The van der Waals surface area contributed by atoms with Gasteiger partial charge in [-0.15, -0.1) is 0 Å². The second kappa shape index (κ2) is 5.99. The zero-order chi connectivity index (χ0) is 15.6. The Labute approximate surface area is 124 Å². The van der Waals surface area contributed by atoms with Gasteiger partial charge in [0, 0.05) is 18.7 Å². The number of benzene rings is 1. The molecule has 2 rings (SSSR count). The molecule has 1 aliphatic heterocycles. The van der Waals surface area contributed by atoms with Crippen LogP contribution in [0.4, 0.5) is 0 Å². The molecular formula is C15H19NO4S. The summed E-state index contributed by atoms with van der Waals surface area (Å²) < 4.78 is 26.9. The van der Waals surface area contributed by atoms with Crippen LogP contribution in [-0.2, 0) is 14.8 Å². The first-order chi connectivity index (χ1) is 9.80. The van der Waals surface area contributed by atoms with E-state index < -0.39 is 16.0 Å². The molecule has 2 unspecified atom stereocenters. The van der Waals surface area contributed by atoms with Gasteiger partial charge in [-0.05, 0) is 43.0 Å². The largest absolute Gasteiger partial charge is 0.478 e. The van der Waals surface area contributed by atoms with Gasteiger partial charge in [0.25, 0.3) is 0 Å². The maximum Gasteiger partial charge on any atom is 0.328 e. The maximum absolute atomic E-state index is 12.7. The predicted molar refractivity (Wildman–Crippen MR) is 80.2 cm³/mol. The number of hydrogen-bond acceptors (Lipinski definition) is 3. The highest BCUT2D eigenvalue weighted by Gasteiger charge is 2.35. The lowest BCUT2D eigenvalue weighted by molar-refractivity contribution is -0.131. The Kier molecular flexibility index (Phi) is 4.49. The molecule has 1 aliphatic rings. The summed E-state index contributed by atoms with van der Waals surface area (Å²) in [5.74, 6) is -0.713. The molecule has 0 bridgehead atoms. The van der Waals surface area contributed by atoms with Crippen LogP contribution < -0.4 is 0 Å². The van der Waals surface area contributed by atoms with E-state index in [1.165, 1.54) is 16.4 Å². The fourth-order valence-electron chi connectivity index (χ4n) is 2.68. The van der Waals surface area contributed by atoms with Crippen LogP contribution in [0.2, 0.25) is 0 Å². The van der Waals surface area contributed by atoms with E-state index in [-0.39, 0.29) is 10.9 Å². The highest BCUT2D eigenvalue weighted by Crippen LogP contribution is 2.29. The van der Waals surface area contributed by atoms with Crippen molar-refractivity contribution < 1.29 is 18.3 Å². The first kappa shape index (κ1) is 15.7. The minimum atomic E-state index is -3.53. The molecule has 0 spiro atoms. The summed E-state index contributed by atoms with van der Waals surface area (Å²) in [4.78, 5) is 10.7. The molecule has 1 aromatic rings. The number of carboxylic acid groups (broad SMARTS) is 1. The summed E-state index contributed by atoms with van der Waals surface area (Å²) in [6, 6.07) is 6.34. The smallest absolute Gasteiger partial charge is 0.328 e. The molecule has 0 aliphatic carbocycles. The monoisotopic (exact) mass is 309 g/mol. The minimum Gasteiger partial charge on any atom is -0.478 e. The van der Waals surface area contributed by atoms with E-state index in [0.717, 1.165) is 12.5 Å². The van der Waals surface area contributed by atoms with E-state index in [9.17, 15) is 13.2 Å². The topological polar surface area (TPSA) is 74.7 Å². The molecule has 2 atom stereocenters. The van der Waals surface area contributed by atoms with Crippen molar-refractivity contribution in [3.8, 4) is 0 Å². The molecule has 1 saturated heterocycles. The standard InChI is InChI=1S/C15H19NO4S/c1-11-8-12(2)16(10-11)21(19,20)14-5-3-4-13(9-14)6-7-15(17)18/h3-7,9,11-12H,8,10H2,1-2H3,(H,17,18)/b7-6+. The molecular weight excluding hydrogens is 290 g/mol. The minimum absolute atomic E-state index is 0.0109. The molecule has 114 valence electrons. The van der Waals surface area contributed by atoms with Gasteiger partial charge in [0.05, 0.1) is 4.90 Å². The number of hydrogen-bond donors (Lipinski definition) is 1. The van der Waals surface area contributed by atoms with Crippen molar-refractivity contribution in [3.63, 3.8) is 0 Å². The molecule has 0 saturated carbocycles. The van der Waals surface area contributed by atoms with Gasteiger partial charge in [-0.3, -0.25) is 0 Å². The quantitative estimate of drug-likeness (QED) is 0.865. The molecule has 0 radical (unpaired) electrons. The Bertz CT molecular complexity index is 666. The van der Waals surface area contributed by atoms with Gasteiger partial charge in [-0.2, -0.15) is 4.31 Å². The fourth-order valence-corrected chi connectivity index (χ4v) is 4.50. The number of carbonyl (C=O) groups is 1. The van der Waals surface area contributed by atoms with Crippen LogP contribution in [0.25, 0.3) is 6.08 Å². The van der Waals surface area contributed by atoms with Crippen LogP contribution in [0.5, 0.6) is 0 Å². The van der Waals surface area contributed by atoms with Crippen LogP contribution in [0.3, 0.4) is 0 Å². The van der Waals surface area contributed by atoms with Crippen molar-refractivity contribution in [3.05, 3.63) is 35.9 Å². The van der Waals surface area contributed by atoms with Gasteiger partial charge in [0.15, 0.2) is 0 Å². The van der Waals surface area contributed by atoms with Crippen molar-refractivity contribution in [2.45, 2.75) is 31.2 Å². The number of rotatable bonds is 4. The first-order valence-electron chi connectivity index (χ1n) is 6.83. The van der Waals surface area contributed by atoms with Gasteiger partial charge >= 0.3 is 5.97 Å². The van der Waals surface area contributed by atoms with Crippen LogP contribution >= 0.6 is 0 Å². The zero-order valence-corrected chi connectivity index (χ0v) is 12.9. The lowest BCUT2D eigenvalue weighted by Gasteiger charge is -2.21. The average Bonchev–Trinajstić information content (AvgIpc) is 2.76. The molecule has 6 heteroatoms. The molecule has 1 N–H and O–H groups in total. The molecule has 5 nitrogen and oxygen atoms in total. The SMILES string of the molecule is CC1CC(C)N(S(=O)(=O)c2cccc(/C=C/C(=O)O)c2)C1. The van der Waals surface area contributed by atoms with Gasteiger partial charge in [-0.25, -0.2) is 13.2 Å². The second-order valence-corrected chi connectivity index (χ2v) is 7.40. The Morgan fingerprint density at radius 3 is 2.67 bits per heavy atom. The molecule has 21 heavy (non-hydrogen) atoms. The fraction of sp³-hybridized carbons (Fsp3) is 0.400.